The molecule has 0 spiro atoms. The Balaban J connectivity index is 3.78. The van der Waals surface area contributed by atoms with Crippen LogP contribution in [0.4, 0.5) is 4.79 Å². The third kappa shape index (κ3) is 7.00. The van der Waals surface area contributed by atoms with Gasteiger partial charge in [0.25, 0.3) is 0 Å². The van der Waals surface area contributed by atoms with Gasteiger partial charge in [0.2, 0.25) is 0 Å². The minimum Gasteiger partial charge on any atom is -0.480 e. The minimum atomic E-state index is -1.00. The highest BCUT2D eigenvalue weighted by atomic mass is 16.4. The molecule has 0 bridgehead atoms. The molecular formula is C13H27N3O3. The number of nitrogens with zero attached hydrogens (tertiary/aromatic N) is 2. The second kappa shape index (κ2) is 8.74. The first kappa shape index (κ1) is 17.7. The lowest BCUT2D eigenvalue weighted by molar-refractivity contribution is -0.141. The quantitative estimate of drug-likeness (QED) is 0.652. The van der Waals surface area contributed by atoms with Crippen molar-refractivity contribution in [3.8, 4) is 0 Å². The third-order valence-corrected chi connectivity index (χ3v) is 3.35. The van der Waals surface area contributed by atoms with Crippen LogP contribution in [-0.2, 0) is 4.79 Å². The van der Waals surface area contributed by atoms with E-state index in [4.69, 9.17) is 5.11 Å². The van der Waals surface area contributed by atoms with Gasteiger partial charge < -0.3 is 20.2 Å². The predicted octanol–water partition coefficient (Wildman–Crippen LogP) is 1.22. The van der Waals surface area contributed by atoms with Crippen LogP contribution >= 0.6 is 0 Å². The van der Waals surface area contributed by atoms with Crippen LogP contribution in [0.3, 0.4) is 0 Å². The zero-order chi connectivity index (χ0) is 15.0. The highest BCUT2D eigenvalue weighted by Gasteiger charge is 2.20. The largest absolute Gasteiger partial charge is 0.480 e. The van der Waals surface area contributed by atoms with Crippen molar-refractivity contribution in [2.24, 2.45) is 0 Å². The summed E-state index contributed by atoms with van der Waals surface area (Å²) in [5.74, 6) is -1.00. The van der Waals surface area contributed by atoms with Crippen molar-refractivity contribution in [2.45, 2.75) is 45.7 Å². The van der Waals surface area contributed by atoms with Crippen molar-refractivity contribution in [1.82, 2.24) is 15.1 Å². The fraction of sp³-hybridized carbons (Fsp3) is 0.846. The summed E-state index contributed by atoms with van der Waals surface area (Å²) in [4.78, 5) is 25.8. The molecule has 0 rings (SSSR count). The van der Waals surface area contributed by atoms with Gasteiger partial charge in [0.05, 0.1) is 0 Å². The van der Waals surface area contributed by atoms with Crippen LogP contribution in [0.15, 0.2) is 0 Å². The monoisotopic (exact) mass is 273 g/mol. The molecule has 0 aromatic rings. The van der Waals surface area contributed by atoms with Crippen molar-refractivity contribution in [1.29, 1.82) is 0 Å². The van der Waals surface area contributed by atoms with Crippen LogP contribution in [-0.4, -0.2) is 66.2 Å². The molecule has 0 fully saturated rings. The SMILES string of the molecule is CC(C)N(C)CCCCNC(=O)N(C)C(C)C(=O)O. The van der Waals surface area contributed by atoms with Crippen molar-refractivity contribution in [2.75, 3.05) is 27.2 Å². The molecule has 0 aliphatic carbocycles. The molecule has 6 heteroatoms. The fourth-order valence-electron chi connectivity index (χ4n) is 1.41. The van der Waals surface area contributed by atoms with Gasteiger partial charge in [-0.3, -0.25) is 0 Å². The lowest BCUT2D eigenvalue weighted by Gasteiger charge is -2.22. The Kier molecular flexibility index (Phi) is 8.14. The Bertz CT molecular complexity index is 295. The molecule has 112 valence electrons. The molecule has 1 unspecified atom stereocenters. The second-order valence-corrected chi connectivity index (χ2v) is 5.14. The molecule has 6 nitrogen and oxygen atoms in total. The molecule has 0 saturated carbocycles. The summed E-state index contributed by atoms with van der Waals surface area (Å²) in [6, 6.07) is -0.628. The number of unbranched alkanes of at least 4 members (excludes halogenated alkanes) is 1. The topological polar surface area (TPSA) is 72.9 Å². The number of amides is 2. The van der Waals surface area contributed by atoms with E-state index in [-0.39, 0.29) is 6.03 Å². The van der Waals surface area contributed by atoms with Crippen LogP contribution in [0.2, 0.25) is 0 Å². The summed E-state index contributed by atoms with van der Waals surface area (Å²) in [5.41, 5.74) is 0. The molecule has 0 radical (unpaired) electrons. The Hall–Kier alpha value is -1.30. The Morgan fingerprint density at radius 3 is 2.21 bits per heavy atom. The smallest absolute Gasteiger partial charge is 0.326 e. The number of rotatable bonds is 8. The number of nitrogens with one attached hydrogen (secondary N) is 1. The average molecular weight is 273 g/mol. The van der Waals surface area contributed by atoms with E-state index in [1.54, 1.807) is 0 Å². The summed E-state index contributed by atoms with van der Waals surface area (Å²) < 4.78 is 0. The predicted molar refractivity (Wildman–Crippen MR) is 75.3 cm³/mol. The number of carbonyl (C=O) groups is 2. The number of carboxylic acids is 1. The van der Waals surface area contributed by atoms with Gasteiger partial charge in [-0.15, -0.1) is 0 Å². The maximum Gasteiger partial charge on any atom is 0.326 e. The maximum absolute atomic E-state index is 11.6. The van der Waals surface area contributed by atoms with E-state index in [9.17, 15) is 9.59 Å². The Morgan fingerprint density at radius 2 is 1.74 bits per heavy atom. The molecule has 0 aliphatic heterocycles. The normalized spacial score (nSPS) is 12.6. The van der Waals surface area contributed by atoms with Crippen LogP contribution in [0.25, 0.3) is 0 Å². The Morgan fingerprint density at radius 1 is 1.16 bits per heavy atom. The van der Waals surface area contributed by atoms with Crippen LogP contribution in [0, 0.1) is 0 Å². The highest BCUT2D eigenvalue weighted by Crippen LogP contribution is 1.99. The van der Waals surface area contributed by atoms with Gasteiger partial charge in [-0.05, 0) is 47.2 Å². The standard InChI is InChI=1S/C13H27N3O3/c1-10(2)15(4)9-7-6-8-14-13(19)16(5)11(3)12(17)18/h10-11H,6-9H2,1-5H3,(H,14,19)(H,17,18). The van der Waals surface area contributed by atoms with E-state index in [0.717, 1.165) is 19.4 Å². The molecule has 0 aromatic carbocycles. The zero-order valence-corrected chi connectivity index (χ0v) is 12.6. The number of urea groups is 1. The van der Waals surface area contributed by atoms with Crippen molar-refractivity contribution in [3.63, 3.8) is 0 Å². The van der Waals surface area contributed by atoms with E-state index in [0.29, 0.717) is 12.6 Å². The maximum atomic E-state index is 11.6. The van der Waals surface area contributed by atoms with Gasteiger partial charge >= 0.3 is 12.0 Å². The number of likely N-dealkylation sites (N-methyl/N-ethyl adjacent to an activating group) is 1. The highest BCUT2D eigenvalue weighted by molar-refractivity contribution is 5.82. The third-order valence-electron chi connectivity index (χ3n) is 3.35. The molecule has 0 heterocycles. The number of aliphatic carboxylic acids is 1. The lowest BCUT2D eigenvalue weighted by Crippen LogP contribution is -2.46. The molecule has 2 amide bonds. The summed E-state index contributed by atoms with van der Waals surface area (Å²) in [6.07, 6.45) is 1.89. The number of hydrogen-bond donors (Lipinski definition) is 2. The molecule has 1 atom stereocenters. The van der Waals surface area contributed by atoms with Gasteiger partial charge in [0, 0.05) is 19.6 Å². The van der Waals surface area contributed by atoms with E-state index in [2.05, 4.69) is 31.1 Å². The number of carboxylic acid groups (broad SMARTS) is 1. The minimum absolute atomic E-state index is 0.341. The first-order valence-corrected chi connectivity index (χ1v) is 6.71. The van der Waals surface area contributed by atoms with Gasteiger partial charge in [-0.25, -0.2) is 9.59 Å². The Labute approximate surface area is 115 Å². The summed E-state index contributed by atoms with van der Waals surface area (Å²) in [6.45, 7) is 7.34. The second-order valence-electron chi connectivity index (χ2n) is 5.14. The van der Waals surface area contributed by atoms with Crippen LogP contribution < -0.4 is 5.32 Å². The number of hydrogen-bond acceptors (Lipinski definition) is 3. The molecule has 19 heavy (non-hydrogen) atoms. The summed E-state index contributed by atoms with van der Waals surface area (Å²) in [7, 11) is 3.56. The van der Waals surface area contributed by atoms with E-state index >= 15 is 0 Å². The van der Waals surface area contributed by atoms with Crippen molar-refractivity contribution in [3.05, 3.63) is 0 Å². The lowest BCUT2D eigenvalue weighted by atomic mass is 10.2. The van der Waals surface area contributed by atoms with Crippen LogP contribution in [0.5, 0.6) is 0 Å². The van der Waals surface area contributed by atoms with Gasteiger partial charge in [0.15, 0.2) is 0 Å². The van der Waals surface area contributed by atoms with Gasteiger partial charge in [-0.2, -0.15) is 0 Å². The van der Waals surface area contributed by atoms with Gasteiger partial charge in [-0.1, -0.05) is 0 Å². The van der Waals surface area contributed by atoms with Crippen LogP contribution in [0.1, 0.15) is 33.6 Å². The average Bonchev–Trinajstić information content (AvgIpc) is 2.35. The van der Waals surface area contributed by atoms with Crippen molar-refractivity contribution >= 4 is 12.0 Å². The first-order chi connectivity index (χ1) is 8.77. The number of carbonyl (C=O) groups excluding carboxylic acids is 1. The van der Waals surface area contributed by atoms with E-state index in [1.165, 1.54) is 18.9 Å². The summed E-state index contributed by atoms with van der Waals surface area (Å²) >= 11 is 0. The van der Waals surface area contributed by atoms with E-state index < -0.39 is 12.0 Å². The fourth-order valence-corrected chi connectivity index (χ4v) is 1.41. The van der Waals surface area contributed by atoms with Crippen molar-refractivity contribution < 1.29 is 14.7 Å². The van der Waals surface area contributed by atoms with Gasteiger partial charge in [0.1, 0.15) is 6.04 Å². The molecule has 2 N–H and O–H groups in total. The molecule has 0 aliphatic rings. The first-order valence-electron chi connectivity index (χ1n) is 6.71. The zero-order valence-electron chi connectivity index (χ0n) is 12.6. The molecule has 0 saturated heterocycles. The molecule has 0 aromatic heterocycles. The summed E-state index contributed by atoms with van der Waals surface area (Å²) in [5, 5.41) is 11.5. The molecular weight excluding hydrogens is 246 g/mol. The van der Waals surface area contributed by atoms with E-state index in [1.807, 2.05) is 0 Å².